The van der Waals surface area contributed by atoms with E-state index in [1.807, 2.05) is 6.92 Å². The molecule has 26 heavy (non-hydrogen) atoms. The number of carbonyl (C=O) groups excluding carboxylic acids is 2. The predicted molar refractivity (Wildman–Crippen MR) is 91.9 cm³/mol. The van der Waals surface area contributed by atoms with Crippen molar-refractivity contribution in [2.75, 3.05) is 0 Å². The van der Waals surface area contributed by atoms with Crippen LogP contribution in [0.25, 0.3) is 4.96 Å². The first kappa shape index (κ1) is 17.8. The van der Waals surface area contributed by atoms with Crippen LogP contribution in [0.4, 0.5) is 0 Å². The van der Waals surface area contributed by atoms with Crippen molar-refractivity contribution in [3.05, 3.63) is 51.3 Å². The van der Waals surface area contributed by atoms with E-state index in [0.717, 1.165) is 5.01 Å². The highest BCUT2D eigenvalue weighted by molar-refractivity contribution is 7.16. The van der Waals surface area contributed by atoms with Crippen LogP contribution in [-0.2, 0) is 22.6 Å². The maximum Gasteiger partial charge on any atom is 0.328 e. The summed E-state index contributed by atoms with van der Waals surface area (Å²) in [5.74, 6) is -1.07. The number of ether oxygens (including phenoxy) is 1. The first-order valence-electron chi connectivity index (χ1n) is 7.87. The average molecular weight is 376 g/mol. The second-order valence-corrected chi connectivity index (χ2v) is 6.45. The van der Waals surface area contributed by atoms with E-state index in [9.17, 15) is 14.4 Å². The van der Waals surface area contributed by atoms with Crippen LogP contribution < -0.4 is 10.9 Å². The lowest BCUT2D eigenvalue weighted by Gasteiger charge is -2.12. The fraction of sp³-hybridized carbons (Fsp3) is 0.312. The predicted octanol–water partition coefficient (Wildman–Crippen LogP) is 1.17. The van der Waals surface area contributed by atoms with Crippen LogP contribution in [0.15, 0.2) is 33.7 Å². The summed E-state index contributed by atoms with van der Waals surface area (Å²) in [7, 11) is 0. The van der Waals surface area contributed by atoms with Gasteiger partial charge in [-0.1, -0.05) is 18.3 Å². The summed E-state index contributed by atoms with van der Waals surface area (Å²) in [6.07, 6.45) is 2.06. The molecule has 136 valence electrons. The van der Waals surface area contributed by atoms with E-state index in [1.54, 1.807) is 6.07 Å². The molecule has 0 aromatic carbocycles. The highest BCUT2D eigenvalue weighted by atomic mass is 32.1. The number of esters is 1. The molecule has 1 amide bonds. The Bertz CT molecular complexity index is 992. The van der Waals surface area contributed by atoms with Gasteiger partial charge in [-0.3, -0.25) is 9.59 Å². The molecule has 0 aliphatic heterocycles. The number of fused-ring (bicyclic) bond motifs is 1. The summed E-state index contributed by atoms with van der Waals surface area (Å²) in [6.45, 7) is 3.25. The maximum atomic E-state index is 12.0. The summed E-state index contributed by atoms with van der Waals surface area (Å²) in [4.78, 5) is 40.6. The van der Waals surface area contributed by atoms with Gasteiger partial charge in [-0.15, -0.1) is 0 Å². The molecule has 0 saturated heterocycles. The van der Waals surface area contributed by atoms with Crippen LogP contribution in [0.2, 0.25) is 0 Å². The van der Waals surface area contributed by atoms with E-state index >= 15 is 0 Å². The molecule has 10 heteroatoms. The van der Waals surface area contributed by atoms with E-state index in [0.29, 0.717) is 17.1 Å². The molecule has 3 rings (SSSR count). The molecule has 0 fully saturated rings. The fourth-order valence-electron chi connectivity index (χ4n) is 2.12. The normalized spacial score (nSPS) is 12.1. The molecule has 0 aliphatic carbocycles. The third-order valence-corrected chi connectivity index (χ3v) is 4.50. The second-order valence-electron chi connectivity index (χ2n) is 5.41. The molecule has 3 aromatic rings. The molecule has 0 saturated carbocycles. The lowest BCUT2D eigenvalue weighted by molar-refractivity contribution is -0.146. The Kier molecular flexibility index (Phi) is 5.12. The van der Waals surface area contributed by atoms with Gasteiger partial charge in [0.15, 0.2) is 5.76 Å². The van der Waals surface area contributed by atoms with Gasteiger partial charge in [0, 0.05) is 6.07 Å². The molecular weight excluding hydrogens is 360 g/mol. The number of amides is 1. The van der Waals surface area contributed by atoms with E-state index in [4.69, 9.17) is 9.15 Å². The SMILES string of the molecule is CCc1nn2c(=O)cc(COC(=O)[C@@H](C)NC(=O)c3ccco3)nc2s1. The number of rotatable bonds is 6. The molecule has 0 aliphatic rings. The number of aryl methyl sites for hydroxylation is 1. The highest BCUT2D eigenvalue weighted by Crippen LogP contribution is 2.12. The van der Waals surface area contributed by atoms with E-state index in [-0.39, 0.29) is 17.9 Å². The lowest BCUT2D eigenvalue weighted by Crippen LogP contribution is -2.39. The Morgan fingerprint density at radius 2 is 2.27 bits per heavy atom. The largest absolute Gasteiger partial charge is 0.459 e. The number of hydrogen-bond donors (Lipinski definition) is 1. The molecule has 3 heterocycles. The zero-order valence-corrected chi connectivity index (χ0v) is 14.9. The van der Waals surface area contributed by atoms with E-state index < -0.39 is 17.9 Å². The topological polar surface area (TPSA) is 116 Å². The van der Waals surface area contributed by atoms with Crippen LogP contribution in [0.5, 0.6) is 0 Å². The summed E-state index contributed by atoms with van der Waals surface area (Å²) < 4.78 is 11.3. The van der Waals surface area contributed by atoms with Crippen LogP contribution in [0.3, 0.4) is 0 Å². The van der Waals surface area contributed by atoms with E-state index in [2.05, 4.69) is 15.4 Å². The van der Waals surface area contributed by atoms with Crippen molar-refractivity contribution in [1.82, 2.24) is 19.9 Å². The zero-order valence-electron chi connectivity index (χ0n) is 14.1. The Hall–Kier alpha value is -3.01. The molecule has 0 unspecified atom stereocenters. The van der Waals surface area contributed by atoms with Gasteiger partial charge in [0.25, 0.3) is 11.5 Å². The van der Waals surface area contributed by atoms with Crippen LogP contribution in [-0.4, -0.2) is 32.5 Å². The number of nitrogens with zero attached hydrogens (tertiary/aromatic N) is 3. The van der Waals surface area contributed by atoms with Gasteiger partial charge in [-0.2, -0.15) is 9.61 Å². The standard InChI is InChI=1S/C16H16N4O5S/c1-3-12-19-20-13(21)7-10(18-16(20)26-12)8-25-15(23)9(2)17-14(22)11-5-4-6-24-11/h4-7,9H,3,8H2,1-2H3,(H,17,22)/t9-/m1/s1. The first-order valence-corrected chi connectivity index (χ1v) is 8.69. The third kappa shape index (κ3) is 3.80. The van der Waals surface area contributed by atoms with Gasteiger partial charge in [-0.05, 0) is 25.5 Å². The van der Waals surface area contributed by atoms with Gasteiger partial charge in [0.2, 0.25) is 4.96 Å². The Balaban J connectivity index is 1.62. The van der Waals surface area contributed by atoms with Crippen LogP contribution >= 0.6 is 11.3 Å². The van der Waals surface area contributed by atoms with Crippen molar-refractivity contribution in [3.63, 3.8) is 0 Å². The fourth-order valence-corrected chi connectivity index (χ4v) is 2.97. The Morgan fingerprint density at radius 3 is 2.96 bits per heavy atom. The molecular formula is C16H16N4O5S. The minimum Gasteiger partial charge on any atom is -0.459 e. The van der Waals surface area contributed by atoms with Crippen molar-refractivity contribution in [1.29, 1.82) is 0 Å². The van der Waals surface area contributed by atoms with Crippen molar-refractivity contribution in [2.45, 2.75) is 32.9 Å². The minimum absolute atomic E-state index is 0.0988. The lowest BCUT2D eigenvalue weighted by atomic mass is 10.3. The van der Waals surface area contributed by atoms with Gasteiger partial charge >= 0.3 is 5.97 Å². The number of nitrogens with one attached hydrogen (secondary N) is 1. The first-order chi connectivity index (χ1) is 12.5. The second kappa shape index (κ2) is 7.48. The van der Waals surface area contributed by atoms with Gasteiger partial charge in [-0.25, -0.2) is 9.78 Å². The van der Waals surface area contributed by atoms with Gasteiger partial charge in [0.1, 0.15) is 17.7 Å². The highest BCUT2D eigenvalue weighted by Gasteiger charge is 2.20. The quantitative estimate of drug-likeness (QED) is 0.642. The van der Waals surface area contributed by atoms with E-state index in [1.165, 1.54) is 41.2 Å². The number of carbonyl (C=O) groups is 2. The molecule has 0 bridgehead atoms. The molecule has 1 N–H and O–H groups in total. The zero-order chi connectivity index (χ0) is 18.7. The summed E-state index contributed by atoms with van der Waals surface area (Å²) in [5, 5.41) is 7.41. The number of hydrogen-bond acceptors (Lipinski definition) is 8. The maximum absolute atomic E-state index is 12.0. The monoisotopic (exact) mass is 376 g/mol. The van der Waals surface area contributed by atoms with Crippen molar-refractivity contribution in [2.24, 2.45) is 0 Å². The van der Waals surface area contributed by atoms with Crippen LogP contribution in [0, 0.1) is 0 Å². The van der Waals surface area contributed by atoms with Gasteiger partial charge < -0.3 is 14.5 Å². The molecule has 0 spiro atoms. The van der Waals surface area contributed by atoms with Crippen molar-refractivity contribution < 1.29 is 18.7 Å². The Labute approximate surface area is 151 Å². The summed E-state index contributed by atoms with van der Waals surface area (Å²) in [5.41, 5.74) is -0.0182. The third-order valence-electron chi connectivity index (χ3n) is 3.45. The molecule has 1 atom stereocenters. The van der Waals surface area contributed by atoms with Crippen molar-refractivity contribution >= 4 is 28.2 Å². The summed E-state index contributed by atoms with van der Waals surface area (Å²) >= 11 is 1.31. The average Bonchev–Trinajstić information content (AvgIpc) is 3.29. The van der Waals surface area contributed by atoms with Crippen molar-refractivity contribution in [3.8, 4) is 0 Å². The van der Waals surface area contributed by atoms with Crippen LogP contribution in [0.1, 0.15) is 35.1 Å². The smallest absolute Gasteiger partial charge is 0.328 e. The molecule has 3 aromatic heterocycles. The summed E-state index contributed by atoms with van der Waals surface area (Å²) in [6, 6.07) is 3.44. The molecule has 0 radical (unpaired) electrons. The number of aromatic nitrogens is 3. The number of furan rings is 1. The Morgan fingerprint density at radius 1 is 1.46 bits per heavy atom. The molecule has 9 nitrogen and oxygen atoms in total. The van der Waals surface area contributed by atoms with Gasteiger partial charge in [0.05, 0.1) is 12.0 Å². The minimum atomic E-state index is -0.882.